The molecule has 0 N–H and O–H groups in total. The Balaban J connectivity index is 0.885. The number of carbonyl (C=O) groups excluding carboxylic acids is 4. The lowest BCUT2D eigenvalue weighted by molar-refractivity contribution is -0.168. The molecule has 45 rings (SSSR count). The van der Waals surface area contributed by atoms with E-state index in [4.69, 9.17) is 18.9 Å². The second kappa shape index (κ2) is 9.81. The third-order valence-electron chi connectivity index (χ3n) is 32.8. The summed E-state index contributed by atoms with van der Waals surface area (Å²) in [5.41, 5.74) is 6.81. The van der Waals surface area contributed by atoms with Gasteiger partial charge in [0.1, 0.15) is 13.2 Å². The van der Waals surface area contributed by atoms with Crippen molar-refractivity contribution in [1.29, 1.82) is 0 Å². The minimum Gasteiger partial charge on any atom is -0.465 e. The van der Waals surface area contributed by atoms with Crippen LogP contribution in [0.25, 0.3) is 259 Å². The molecule has 2 saturated carbocycles. The molecule has 432 valence electrons. The van der Waals surface area contributed by atoms with E-state index in [-0.39, 0.29) is 26.4 Å². The smallest absolute Gasteiger partial charge is 0.326 e. The topological polar surface area (TPSA) is 112 Å². The van der Waals surface area contributed by atoms with Crippen molar-refractivity contribution in [2.24, 2.45) is 10.8 Å². The second-order valence-electron chi connectivity index (χ2n) is 33.6. The van der Waals surface area contributed by atoms with Gasteiger partial charge in [-0.1, -0.05) is 12.1 Å². The highest BCUT2D eigenvalue weighted by molar-refractivity contribution is 6.78. The molecule has 0 radical (unpaired) electrons. The van der Waals surface area contributed by atoms with Crippen LogP contribution < -0.4 is 9.80 Å². The molecule has 97 heavy (non-hydrogen) atoms. The Kier molecular flexibility index (Phi) is 4.13. The van der Waals surface area contributed by atoms with Gasteiger partial charge in [-0.2, -0.15) is 0 Å². The van der Waals surface area contributed by atoms with Crippen LogP contribution in [0.4, 0.5) is 11.4 Å². The lowest BCUT2D eigenvalue weighted by atomic mass is 9.67. The summed E-state index contributed by atoms with van der Waals surface area (Å²) in [7, 11) is 0. The molecular formula is C87H26N2O8. The van der Waals surface area contributed by atoms with Crippen LogP contribution in [0, 0.1) is 10.8 Å². The standard InChI is InChI=1S/C87H26N2O8/c1-3-94-78(90)86-80(92)96-13-16-5-7-20-18(9-16)11-88-15-89(20)12-19-10-17(6-8-21(19)88)14-97-81(93)87(79(91)95-4-2)83-71-55-39-27-25-23-22-24-26-28-35-45-33(24)43(31(23)39)59(71)61(45)73-63-47(35)36-40(28)56-54-38(26)30(22)42-32(25)44-34-29(27)41-37-46(34)62-66-50-49(37)65(75(83)57(41)55)69-53(50)52-51(67(63)77(69)85(73,83)87)48(36)64-68(52)76(66)84(86)72(62)60(44)58(42)70(54)82(84,86)74(56)64/h5-10H,3-4,11-15H2,1-2H3/t82?,83?,84?,85?,86-,87+. The van der Waals surface area contributed by atoms with Gasteiger partial charge < -0.3 is 28.7 Å². The van der Waals surface area contributed by atoms with E-state index in [2.05, 4.69) is 46.2 Å². The third kappa shape index (κ3) is 2.38. The van der Waals surface area contributed by atoms with E-state index in [9.17, 15) is 0 Å². The molecule has 2 fully saturated rings. The van der Waals surface area contributed by atoms with Gasteiger partial charge >= 0.3 is 23.9 Å². The van der Waals surface area contributed by atoms with E-state index < -0.39 is 56.4 Å². The van der Waals surface area contributed by atoms with Crippen LogP contribution in [0.5, 0.6) is 0 Å². The van der Waals surface area contributed by atoms with Gasteiger partial charge in [0.2, 0.25) is 0 Å². The minimum absolute atomic E-state index is 0.00382. The average molecular weight is 1230 g/mol. The number of ether oxygens (including phenoxy) is 4. The highest BCUT2D eigenvalue weighted by Crippen LogP contribution is 3.00. The number of rotatable bonds is 4. The van der Waals surface area contributed by atoms with Gasteiger partial charge in [-0.15, -0.1) is 0 Å². The number of hydrogen-bond acceptors (Lipinski definition) is 10. The maximum atomic E-state index is 18.0. The number of hydrogen-bond donors (Lipinski definition) is 0. The predicted octanol–water partition coefficient (Wildman–Crippen LogP) is 17.1. The molecule has 4 unspecified atom stereocenters. The Bertz CT molecular complexity index is 8550. The number of carbonyl (C=O) groups is 4. The monoisotopic (exact) mass is 1230 g/mol. The lowest BCUT2D eigenvalue weighted by Crippen LogP contribution is -2.46. The van der Waals surface area contributed by atoms with E-state index in [1.165, 1.54) is 281 Å². The average Bonchev–Trinajstić information content (AvgIpc) is 1.35. The number of benzene rings is 18. The SMILES string of the molecule is CCOC(=O)[C@@]12C(=O)OCc3ccc4c(c3)CN3CN4Cc4cc(ccc43)COC(=O)[C@]3(C(=O)OCC)C45c6c7c8c9c%10c%11c(c%12c%13c4c4c6c6c%14c%15c%16c%17c%18c%19c%20c%21c%22c%23c%24c(c%15c6c6c4c4c%13c%13c%12c%12c%11c%11c%15c%10c(c8c%17c7%14)c%18c%15c%20c7c%21c8c%23c(c4c%246)c%13c8c%12c7%11)C%221C%16%192)C953. The van der Waals surface area contributed by atoms with Crippen molar-refractivity contribution in [1.82, 2.24) is 0 Å². The number of esters is 4. The van der Waals surface area contributed by atoms with Gasteiger partial charge in [-0.25, -0.2) is 0 Å². The van der Waals surface area contributed by atoms with Crippen molar-refractivity contribution in [3.8, 4) is 0 Å². The first kappa shape index (κ1) is 40.8. The highest BCUT2D eigenvalue weighted by Gasteiger charge is 3.04. The van der Waals surface area contributed by atoms with Crippen LogP contribution in [-0.4, -0.2) is 43.8 Å². The third-order valence-corrected chi connectivity index (χ3v) is 32.8. The van der Waals surface area contributed by atoms with Gasteiger partial charge in [-0.05, 0) is 363 Å². The molecule has 26 aromatic rings. The zero-order valence-electron chi connectivity index (χ0n) is 50.6. The summed E-state index contributed by atoms with van der Waals surface area (Å²) in [4.78, 5) is 75.9. The number of nitrogens with zero attached hydrogens (tertiary/aromatic N) is 2. The quantitative estimate of drug-likeness (QED) is 0.0731. The first-order valence-electron chi connectivity index (χ1n) is 35.3. The molecule has 10 nitrogen and oxygen atoms in total. The molecule has 0 aromatic heterocycles. The van der Waals surface area contributed by atoms with Crippen LogP contribution in [-0.2, 0) is 86.1 Å². The molecule has 9 aliphatic heterocycles. The Hall–Kier alpha value is -11.4. The van der Waals surface area contributed by atoms with Gasteiger partial charge in [-0.3, -0.25) is 19.2 Å². The maximum Gasteiger partial charge on any atom is 0.326 e. The van der Waals surface area contributed by atoms with Crippen LogP contribution in [0.3, 0.4) is 0 Å². The van der Waals surface area contributed by atoms with E-state index in [0.29, 0.717) is 19.8 Å². The summed E-state index contributed by atoms with van der Waals surface area (Å²) < 4.78 is 28.6. The first-order valence-corrected chi connectivity index (χ1v) is 35.3. The first-order chi connectivity index (χ1) is 47.9. The van der Waals surface area contributed by atoms with Crippen molar-refractivity contribution in [3.05, 3.63) is 103 Å². The van der Waals surface area contributed by atoms with Crippen LogP contribution in [0.2, 0.25) is 0 Å². The largest absolute Gasteiger partial charge is 0.465 e. The minimum atomic E-state index is -1.88. The molecule has 0 saturated heterocycles. The molecule has 10 aliphatic carbocycles. The summed E-state index contributed by atoms with van der Waals surface area (Å²) in [6.07, 6.45) is 0. The summed E-state index contributed by atoms with van der Waals surface area (Å²) >= 11 is 0. The van der Waals surface area contributed by atoms with Crippen molar-refractivity contribution in [2.45, 2.75) is 61.8 Å². The van der Waals surface area contributed by atoms with Crippen molar-refractivity contribution in [2.75, 3.05) is 29.7 Å². The zero-order chi connectivity index (χ0) is 60.3. The van der Waals surface area contributed by atoms with Crippen molar-refractivity contribution < 1.29 is 38.1 Å². The Morgan fingerprint density at radius 1 is 0.330 bits per heavy atom. The lowest BCUT2D eigenvalue weighted by Gasteiger charge is -2.45. The number of anilines is 2. The molecule has 10 heteroatoms. The summed E-state index contributed by atoms with van der Waals surface area (Å²) in [5, 5.41) is 61.5. The maximum absolute atomic E-state index is 18.0. The Morgan fingerprint density at radius 3 is 0.742 bits per heavy atom. The Morgan fingerprint density at radius 2 is 0.536 bits per heavy atom. The predicted molar refractivity (Wildman–Crippen MR) is 375 cm³/mol. The molecule has 28 bridgehead atoms. The normalized spacial score (nSPS) is 27.9. The van der Waals surface area contributed by atoms with E-state index >= 15 is 19.2 Å². The van der Waals surface area contributed by atoms with Crippen LogP contribution in [0.15, 0.2) is 36.4 Å². The van der Waals surface area contributed by atoms with Crippen molar-refractivity contribution >= 4 is 294 Å². The molecule has 19 aliphatic rings. The fraction of sp³-hybridized carbons (Fsp3) is 0.172. The zero-order valence-corrected chi connectivity index (χ0v) is 50.6. The Labute approximate surface area is 534 Å². The fourth-order valence-electron chi connectivity index (χ4n) is 32.4. The van der Waals surface area contributed by atoms with Gasteiger partial charge in [0.05, 0.1) is 41.5 Å². The van der Waals surface area contributed by atoms with Crippen molar-refractivity contribution in [3.63, 3.8) is 0 Å². The summed E-state index contributed by atoms with van der Waals surface area (Å²) in [5.74, 6) is -1.90. The van der Waals surface area contributed by atoms with E-state index in [1.807, 2.05) is 13.8 Å². The fourth-order valence-corrected chi connectivity index (χ4v) is 32.4. The van der Waals surface area contributed by atoms with Gasteiger partial charge in [0.15, 0.2) is 10.8 Å². The van der Waals surface area contributed by atoms with Crippen LogP contribution in [0.1, 0.15) is 80.6 Å². The van der Waals surface area contributed by atoms with E-state index in [0.717, 1.165) is 55.9 Å². The van der Waals surface area contributed by atoms with E-state index in [1.54, 1.807) is 0 Å². The molecule has 0 amide bonds. The molecule has 4 spiro atoms. The molecule has 9 heterocycles. The highest BCUT2D eigenvalue weighted by atomic mass is 16.6. The molecular weight excluding hydrogens is 1200 g/mol. The molecule has 6 atom stereocenters. The van der Waals surface area contributed by atoms with Gasteiger partial charge in [0.25, 0.3) is 0 Å². The van der Waals surface area contributed by atoms with Gasteiger partial charge in [0, 0.05) is 24.5 Å². The molecule has 26 aromatic carbocycles. The summed E-state index contributed by atoms with van der Waals surface area (Å²) in [6, 6.07) is 13.1. The van der Waals surface area contributed by atoms with Crippen LogP contribution >= 0.6 is 0 Å². The second-order valence-corrected chi connectivity index (χ2v) is 33.6. The summed E-state index contributed by atoms with van der Waals surface area (Å²) in [6.45, 7) is 6.06.